The molecular weight excluding hydrogens is 364 g/mol. The number of nitro benzene ring substituents is 1. The molecule has 0 bridgehead atoms. The minimum absolute atomic E-state index is 0.0747. The largest absolute Gasteiger partial charge is 0.475 e. The Morgan fingerprint density at radius 3 is 2.54 bits per heavy atom. The Morgan fingerprint density at radius 2 is 1.96 bits per heavy atom. The predicted molar refractivity (Wildman–Crippen MR) is 94.1 cm³/mol. The zero-order valence-electron chi connectivity index (χ0n) is 14.6. The molecule has 0 fully saturated rings. The first kappa shape index (κ1) is 19.5. The first-order valence-corrected chi connectivity index (χ1v) is 7.97. The van der Waals surface area contributed by atoms with Crippen LogP contribution in [0.3, 0.4) is 0 Å². The maximum Gasteiger partial charge on any atom is 0.339 e. The van der Waals surface area contributed by atoms with Crippen LogP contribution in [0.5, 0.6) is 5.75 Å². The monoisotopic (exact) mass is 380 g/mol. The number of hydrogen-bond acceptors (Lipinski definition) is 6. The molecule has 0 spiro atoms. The van der Waals surface area contributed by atoms with Crippen LogP contribution in [-0.4, -0.2) is 34.9 Å². The quantitative estimate of drug-likeness (QED) is 0.354. The summed E-state index contributed by atoms with van der Waals surface area (Å²) in [6.07, 6.45) is -1.03. The molecule has 2 rings (SSSR count). The zero-order valence-corrected chi connectivity index (χ0v) is 15.3. The summed E-state index contributed by atoms with van der Waals surface area (Å²) in [6.45, 7) is 4.72. The molecule has 1 aromatic heterocycles. The maximum atomic E-state index is 12.7. The molecule has 0 aliphatic carbocycles. The molecule has 1 atom stereocenters. The third kappa shape index (κ3) is 3.70. The van der Waals surface area contributed by atoms with E-state index >= 15 is 0 Å². The minimum atomic E-state index is -1.03. The molecule has 0 aliphatic rings. The zero-order chi connectivity index (χ0) is 19.6. The summed E-state index contributed by atoms with van der Waals surface area (Å²) in [5, 5.41) is 11.3. The number of aryl methyl sites for hydroxylation is 1. The molecule has 0 unspecified atom stereocenters. The standard InChI is InChI=1S/C17H17ClN2O6/c1-8-14(17(22)25-4)9(2)19-15(8)16(21)10(3)26-13-6-5-11(18)7-12(13)20(23)24/h5-7,10,19H,1-4H3/t10-/m1/s1. The van der Waals surface area contributed by atoms with Crippen molar-refractivity contribution in [3.05, 3.63) is 55.9 Å². The van der Waals surface area contributed by atoms with E-state index in [-0.39, 0.29) is 27.7 Å². The van der Waals surface area contributed by atoms with Crippen molar-refractivity contribution in [3.63, 3.8) is 0 Å². The summed E-state index contributed by atoms with van der Waals surface area (Å²) in [7, 11) is 1.25. The van der Waals surface area contributed by atoms with Crippen molar-refractivity contribution in [2.75, 3.05) is 7.11 Å². The molecule has 1 heterocycles. The fourth-order valence-electron chi connectivity index (χ4n) is 2.58. The molecule has 0 saturated carbocycles. The second-order valence-corrected chi connectivity index (χ2v) is 6.05. The second-order valence-electron chi connectivity index (χ2n) is 5.61. The van der Waals surface area contributed by atoms with Crippen LogP contribution in [0.2, 0.25) is 5.02 Å². The topological polar surface area (TPSA) is 112 Å². The molecule has 0 amide bonds. The number of rotatable bonds is 6. The number of carbonyl (C=O) groups excluding carboxylic acids is 2. The van der Waals surface area contributed by atoms with Crippen LogP contribution in [0.4, 0.5) is 5.69 Å². The number of Topliss-reactive ketones (excluding diaryl/α,β-unsaturated/α-hetero) is 1. The van der Waals surface area contributed by atoms with Gasteiger partial charge in [0.2, 0.25) is 5.78 Å². The lowest BCUT2D eigenvalue weighted by Crippen LogP contribution is -2.25. The number of hydrogen-bond donors (Lipinski definition) is 1. The molecule has 9 heteroatoms. The van der Waals surface area contributed by atoms with Gasteiger partial charge in [-0.15, -0.1) is 0 Å². The van der Waals surface area contributed by atoms with Crippen LogP contribution >= 0.6 is 11.6 Å². The lowest BCUT2D eigenvalue weighted by molar-refractivity contribution is -0.386. The molecule has 0 aliphatic heterocycles. The van der Waals surface area contributed by atoms with Crippen LogP contribution in [-0.2, 0) is 4.74 Å². The number of H-pyrrole nitrogens is 1. The molecular formula is C17H17ClN2O6. The number of halogens is 1. The molecule has 1 N–H and O–H groups in total. The SMILES string of the molecule is COC(=O)c1c(C)[nH]c(C(=O)[C@@H](C)Oc2ccc(Cl)cc2[N+](=O)[O-])c1C. The van der Waals surface area contributed by atoms with Crippen LogP contribution in [0, 0.1) is 24.0 Å². The first-order valence-electron chi connectivity index (χ1n) is 7.59. The van der Waals surface area contributed by atoms with Gasteiger partial charge in [0.05, 0.1) is 23.3 Å². The summed E-state index contributed by atoms with van der Waals surface area (Å²) < 4.78 is 10.2. The average molecular weight is 381 g/mol. The van der Waals surface area contributed by atoms with Gasteiger partial charge in [-0.3, -0.25) is 14.9 Å². The fraction of sp³-hybridized carbons (Fsp3) is 0.294. The van der Waals surface area contributed by atoms with Crippen molar-refractivity contribution >= 4 is 29.0 Å². The van der Waals surface area contributed by atoms with Gasteiger partial charge in [-0.05, 0) is 38.5 Å². The van der Waals surface area contributed by atoms with Gasteiger partial charge in [0.15, 0.2) is 11.9 Å². The van der Waals surface area contributed by atoms with Gasteiger partial charge in [-0.25, -0.2) is 4.79 Å². The lowest BCUT2D eigenvalue weighted by Gasteiger charge is -2.13. The second kappa shape index (κ2) is 7.57. The first-order chi connectivity index (χ1) is 12.2. The van der Waals surface area contributed by atoms with Crippen molar-refractivity contribution in [3.8, 4) is 5.75 Å². The Balaban J connectivity index is 2.32. The fourth-order valence-corrected chi connectivity index (χ4v) is 2.75. The Bertz CT molecular complexity index is 890. The Kier molecular flexibility index (Phi) is 5.66. The van der Waals surface area contributed by atoms with E-state index in [1.54, 1.807) is 13.8 Å². The van der Waals surface area contributed by atoms with E-state index in [0.29, 0.717) is 11.3 Å². The van der Waals surface area contributed by atoms with E-state index in [9.17, 15) is 19.7 Å². The number of nitrogens with zero attached hydrogens (tertiary/aromatic N) is 1. The molecule has 26 heavy (non-hydrogen) atoms. The van der Waals surface area contributed by atoms with Gasteiger partial charge in [0.25, 0.3) is 0 Å². The average Bonchev–Trinajstić information content (AvgIpc) is 2.89. The van der Waals surface area contributed by atoms with Crippen molar-refractivity contribution in [2.24, 2.45) is 0 Å². The Labute approximate surface area is 154 Å². The Hall–Kier alpha value is -2.87. The molecule has 2 aromatic rings. The van der Waals surface area contributed by atoms with Crippen LogP contribution in [0.1, 0.15) is 39.0 Å². The number of aromatic nitrogens is 1. The van der Waals surface area contributed by atoms with Gasteiger partial charge < -0.3 is 14.5 Å². The highest BCUT2D eigenvalue weighted by atomic mass is 35.5. The van der Waals surface area contributed by atoms with Gasteiger partial charge in [-0.2, -0.15) is 0 Å². The van der Waals surface area contributed by atoms with E-state index in [1.165, 1.54) is 26.2 Å². The van der Waals surface area contributed by atoms with E-state index in [1.807, 2.05) is 0 Å². The number of esters is 1. The number of benzene rings is 1. The Morgan fingerprint density at radius 1 is 1.31 bits per heavy atom. The summed E-state index contributed by atoms with van der Waals surface area (Å²) >= 11 is 5.76. The van der Waals surface area contributed by atoms with E-state index in [2.05, 4.69) is 4.98 Å². The summed E-state index contributed by atoms with van der Waals surface area (Å²) in [5.41, 5.74) is 1.04. The van der Waals surface area contributed by atoms with Gasteiger partial charge in [0, 0.05) is 16.8 Å². The number of ether oxygens (including phenoxy) is 2. The number of carbonyl (C=O) groups is 2. The van der Waals surface area contributed by atoms with Crippen molar-refractivity contribution in [1.82, 2.24) is 4.98 Å². The lowest BCUT2D eigenvalue weighted by atomic mass is 10.1. The summed E-state index contributed by atoms with van der Waals surface area (Å²) in [4.78, 5) is 37.9. The van der Waals surface area contributed by atoms with Crippen LogP contribution < -0.4 is 4.74 Å². The van der Waals surface area contributed by atoms with E-state index in [4.69, 9.17) is 21.1 Å². The highest BCUT2D eigenvalue weighted by molar-refractivity contribution is 6.30. The van der Waals surface area contributed by atoms with Crippen molar-refractivity contribution < 1.29 is 24.0 Å². The highest BCUT2D eigenvalue weighted by Gasteiger charge is 2.28. The third-order valence-electron chi connectivity index (χ3n) is 3.86. The predicted octanol–water partition coefficient (Wildman–Crippen LogP) is 3.63. The summed E-state index contributed by atoms with van der Waals surface area (Å²) in [5.74, 6) is -1.09. The third-order valence-corrected chi connectivity index (χ3v) is 4.10. The molecule has 8 nitrogen and oxygen atoms in total. The normalized spacial score (nSPS) is 11.7. The molecule has 0 radical (unpaired) electrons. The van der Waals surface area contributed by atoms with Crippen LogP contribution in [0.15, 0.2) is 18.2 Å². The van der Waals surface area contributed by atoms with E-state index in [0.717, 1.165) is 6.07 Å². The van der Waals surface area contributed by atoms with E-state index < -0.39 is 22.8 Å². The number of nitrogens with one attached hydrogen (secondary N) is 1. The number of methoxy groups -OCH3 is 1. The summed E-state index contributed by atoms with van der Waals surface area (Å²) in [6, 6.07) is 3.91. The molecule has 1 aromatic carbocycles. The molecule has 0 saturated heterocycles. The van der Waals surface area contributed by atoms with Gasteiger partial charge in [-0.1, -0.05) is 11.6 Å². The van der Waals surface area contributed by atoms with Crippen LogP contribution in [0.25, 0.3) is 0 Å². The minimum Gasteiger partial charge on any atom is -0.475 e. The smallest absolute Gasteiger partial charge is 0.339 e. The van der Waals surface area contributed by atoms with Gasteiger partial charge in [0.1, 0.15) is 0 Å². The number of aromatic amines is 1. The maximum absolute atomic E-state index is 12.7. The van der Waals surface area contributed by atoms with Gasteiger partial charge >= 0.3 is 11.7 Å². The number of ketones is 1. The van der Waals surface area contributed by atoms with Crippen molar-refractivity contribution in [2.45, 2.75) is 26.9 Å². The van der Waals surface area contributed by atoms with Crippen molar-refractivity contribution in [1.29, 1.82) is 0 Å². The number of nitro groups is 1. The molecule has 138 valence electrons. The highest BCUT2D eigenvalue weighted by Crippen LogP contribution is 2.31.